The van der Waals surface area contributed by atoms with Crippen LogP contribution in [0.15, 0.2) is 104 Å². The summed E-state index contributed by atoms with van der Waals surface area (Å²) in [5.74, 6) is -0.667. The van der Waals surface area contributed by atoms with Crippen molar-refractivity contribution >= 4 is 138 Å². The molecule has 1 aliphatic heterocycles. The van der Waals surface area contributed by atoms with E-state index in [2.05, 4.69) is 141 Å². The Morgan fingerprint density at radius 1 is 0.584 bits per heavy atom. The van der Waals surface area contributed by atoms with Crippen molar-refractivity contribution in [3.8, 4) is 5.75 Å². The smallest absolute Gasteiger partial charge is 0.870 e. The first-order valence-electron chi connectivity index (χ1n) is 24.9. The molecule has 0 aliphatic carbocycles. The normalized spacial score (nSPS) is 8.84. The molecule has 0 saturated heterocycles. The molecule has 476 valence electrons. The maximum absolute atomic E-state index is 11.1. The van der Waals surface area contributed by atoms with Gasteiger partial charge in [0.15, 0.2) is 0 Å². The van der Waals surface area contributed by atoms with E-state index in [0.717, 1.165) is 64.3 Å². The Morgan fingerprint density at radius 2 is 0.944 bits per heavy atom. The predicted octanol–water partition coefficient (Wildman–Crippen LogP) is 7.30. The summed E-state index contributed by atoms with van der Waals surface area (Å²) in [5.41, 5.74) is 16.8. The van der Waals surface area contributed by atoms with E-state index in [0.29, 0.717) is 29.8 Å². The second-order valence-corrected chi connectivity index (χ2v) is 18.8. The zero-order valence-corrected chi connectivity index (χ0v) is 58.2. The number of halogens is 4. The molecule has 6 rings (SSSR count). The molecule has 5 aromatic rings. The molecule has 25 nitrogen and oxygen atoms in total. The number of nitro benzene ring substituents is 1. The van der Waals surface area contributed by atoms with Gasteiger partial charge in [-0.3, -0.25) is 29.3 Å². The van der Waals surface area contributed by atoms with Crippen LogP contribution in [-0.4, -0.2) is 77.4 Å². The molecule has 0 bridgehead atoms. The van der Waals surface area contributed by atoms with Gasteiger partial charge in [0, 0.05) is 43.7 Å². The number of esters is 2. The van der Waals surface area contributed by atoms with Gasteiger partial charge >= 0.3 is 100 Å². The minimum atomic E-state index is -0.557. The molecule has 3 N–H and O–H groups in total. The molecule has 0 atom stereocenters. The van der Waals surface area contributed by atoms with Crippen LogP contribution in [0, 0.1) is 10.1 Å². The molecule has 1 heterocycles. The summed E-state index contributed by atoms with van der Waals surface area (Å²) in [6, 6.07) is 28.1. The molecule has 89 heavy (non-hydrogen) atoms. The van der Waals surface area contributed by atoms with E-state index in [-0.39, 0.29) is 123 Å². The van der Waals surface area contributed by atoms with Crippen molar-refractivity contribution in [2.75, 3.05) is 5.73 Å². The number of rotatable bonds is 15. The first-order chi connectivity index (χ1) is 41.4. The van der Waals surface area contributed by atoms with E-state index >= 15 is 0 Å². The SMILES string of the molecule is CC(=O)Cl.CCCc1cc(Br)ccc1CC.CCCc1cc(N)ccc1CC.CCCc1cc([N+](=O)[O-])ccc1CC.O=C1Cc2cc(Br)ccc2C(=O)O1.O=C=O.O=C=O.O=C=O.O=C=O.O=C=O.O=C=O.O=COCc1cc(Br)ccc1OC=O.[K+].[OH-]. The zero-order chi connectivity index (χ0) is 68.1. The number of carbonyl (C=O) groups excluding carboxylic acids is 17. The summed E-state index contributed by atoms with van der Waals surface area (Å²) in [5, 5.41) is 10.2. The Morgan fingerprint density at radius 3 is 1.34 bits per heavy atom. The third-order valence-corrected chi connectivity index (χ3v) is 11.3. The summed E-state index contributed by atoms with van der Waals surface area (Å²) < 4.78 is 16.6. The third-order valence-electron chi connectivity index (χ3n) is 9.83. The summed E-state index contributed by atoms with van der Waals surface area (Å²) in [6.07, 6.45) is 11.6. The zero-order valence-electron chi connectivity index (χ0n) is 49.6. The average molecular weight is 1480 g/mol. The van der Waals surface area contributed by atoms with Gasteiger partial charge in [-0.25, -0.2) is 4.79 Å². The van der Waals surface area contributed by atoms with Gasteiger partial charge in [0.1, 0.15) is 12.4 Å². The number of benzene rings is 5. The Kier molecular flexibility index (Phi) is 75.0. The fraction of sp³-hybridized carbons (Fsp3) is 0.305. The van der Waals surface area contributed by atoms with Crippen LogP contribution >= 0.6 is 59.4 Å². The van der Waals surface area contributed by atoms with Crippen LogP contribution in [0.2, 0.25) is 0 Å². The molecule has 1 aliphatic rings. The average Bonchev–Trinajstić information content (AvgIpc) is 3.45. The number of aryl methyl sites for hydroxylation is 6. The Balaban J connectivity index is -0.000000141. The van der Waals surface area contributed by atoms with Crippen molar-refractivity contribution in [1.29, 1.82) is 0 Å². The van der Waals surface area contributed by atoms with Crippen LogP contribution in [0.3, 0.4) is 0 Å². The van der Waals surface area contributed by atoms with E-state index in [9.17, 15) is 34.1 Å². The number of nitrogens with two attached hydrogens (primary N) is 1. The molecule has 0 amide bonds. The van der Waals surface area contributed by atoms with E-state index in [1.165, 1.54) is 58.5 Å². The van der Waals surface area contributed by atoms with Crippen LogP contribution in [0.1, 0.15) is 123 Å². The number of ether oxygens (including phenoxy) is 3. The number of fused-ring (bicyclic) bond motifs is 1. The van der Waals surface area contributed by atoms with E-state index < -0.39 is 11.9 Å². The Bertz CT molecular complexity index is 2920. The number of hydrogen-bond donors (Lipinski definition) is 1. The number of anilines is 1. The van der Waals surface area contributed by atoms with Crippen molar-refractivity contribution < 1.29 is 158 Å². The fourth-order valence-electron chi connectivity index (χ4n) is 6.72. The molecule has 0 unspecified atom stereocenters. The van der Waals surface area contributed by atoms with Crippen molar-refractivity contribution in [3.63, 3.8) is 0 Å². The van der Waals surface area contributed by atoms with Gasteiger partial charge in [0.2, 0.25) is 5.24 Å². The molecular weight excluding hydrogens is 1420 g/mol. The van der Waals surface area contributed by atoms with Gasteiger partial charge in [-0.15, -0.1) is 0 Å². The van der Waals surface area contributed by atoms with Crippen molar-refractivity contribution in [2.45, 2.75) is 119 Å². The molecular formula is C59H63Br3ClKN2O23. The second kappa shape index (κ2) is 68.2. The number of nitrogens with zero attached hydrogens (tertiary/aromatic N) is 1. The van der Waals surface area contributed by atoms with E-state index in [4.69, 9.17) is 68.0 Å². The number of hydrogen-bond acceptors (Lipinski definition) is 24. The number of cyclic esters (lactones) is 2. The summed E-state index contributed by atoms with van der Waals surface area (Å²) >= 11 is 14.6. The quantitative estimate of drug-likeness (QED) is 0.0157. The minimum absolute atomic E-state index is 0. The largest absolute Gasteiger partial charge is 1.00 e. The van der Waals surface area contributed by atoms with Crippen molar-refractivity contribution in [2.24, 2.45) is 0 Å². The molecule has 0 fully saturated rings. The van der Waals surface area contributed by atoms with Crippen molar-refractivity contribution in [3.05, 3.63) is 165 Å². The molecule has 0 saturated carbocycles. The molecule has 5 aromatic carbocycles. The van der Waals surface area contributed by atoms with Gasteiger partial charge in [0.05, 0.1) is 16.9 Å². The van der Waals surface area contributed by atoms with Gasteiger partial charge in [-0.1, -0.05) is 127 Å². The first-order valence-corrected chi connectivity index (χ1v) is 27.7. The maximum atomic E-state index is 11.1. The van der Waals surface area contributed by atoms with E-state index in [1.807, 2.05) is 12.1 Å². The third kappa shape index (κ3) is 54.5. The standard InChI is InChI=1S/C11H15Br.C11H15NO2.C11H17N.C9H7BrO4.C9H5BrO3.C2H3ClO.6CO2.K.H2O/c1-3-5-10-8-11(12)7-6-9(10)4-2;1-3-5-10-8-11(12(13)14)7-6-9(10)4-2;1-3-5-10-8-11(12)7-6-9(10)4-2;10-8-1-2-9(14-6-12)7(3-8)4-13-5-11;10-6-1-2-7-5(3-6)4-8(11)13-9(7)12;1-2(3)4;6*2-1-3;;/h6-8H,3-5H2,1-2H3;6-8H,3-5H2,1-2H3;6-8H,3-5,12H2,1-2H3;1-3,5-6H,4H2;1-3H,4H2;1H3;;;;;;;;1H2/q;;;;;;;;;;;;+1;/p-1. The van der Waals surface area contributed by atoms with Gasteiger partial charge in [-0.05, 0) is 150 Å². The summed E-state index contributed by atoms with van der Waals surface area (Å²) in [6.45, 7) is 15.0. The molecule has 0 spiro atoms. The Labute approximate surface area is 585 Å². The van der Waals surface area contributed by atoms with Crippen LogP contribution in [0.5, 0.6) is 5.75 Å². The first kappa shape index (κ1) is 97.9. The van der Waals surface area contributed by atoms with Crippen molar-refractivity contribution in [1.82, 2.24) is 0 Å². The van der Waals surface area contributed by atoms with Crippen LogP contribution < -0.4 is 61.9 Å². The monoisotopic (exact) mass is 1480 g/mol. The Hall–Kier alpha value is -7.34. The number of nitro groups is 1. The van der Waals surface area contributed by atoms with Gasteiger partial charge in [0.25, 0.3) is 18.6 Å². The maximum Gasteiger partial charge on any atom is 1.00 e. The topological polar surface area (TPSA) is 417 Å². The molecule has 0 aromatic heterocycles. The van der Waals surface area contributed by atoms with Crippen LogP contribution in [0.4, 0.5) is 11.4 Å². The number of nitrogen functional groups attached to an aromatic ring is 1. The molecule has 0 radical (unpaired) electrons. The molecule has 30 heteroatoms. The minimum Gasteiger partial charge on any atom is -0.870 e. The van der Waals surface area contributed by atoms with E-state index in [1.54, 1.807) is 48.5 Å². The van der Waals surface area contributed by atoms with Gasteiger partial charge in [-0.2, -0.15) is 57.5 Å². The predicted molar refractivity (Wildman–Crippen MR) is 317 cm³/mol. The van der Waals surface area contributed by atoms with Crippen LogP contribution in [-0.2, 0) is 138 Å². The number of carbonyl (C=O) groups is 5. The summed E-state index contributed by atoms with van der Waals surface area (Å²) in [7, 11) is 0. The van der Waals surface area contributed by atoms with Gasteiger partial charge < -0.3 is 25.4 Å². The second-order valence-electron chi connectivity index (χ2n) is 15.5. The summed E-state index contributed by atoms with van der Waals surface area (Å²) in [4.78, 5) is 159. The number of non-ortho nitro benzene ring substituents is 1. The van der Waals surface area contributed by atoms with Crippen LogP contribution in [0.25, 0.3) is 0 Å². The fourth-order valence-corrected chi connectivity index (χ4v) is 7.94.